The van der Waals surface area contributed by atoms with Gasteiger partial charge in [0.05, 0.1) is 0 Å². The minimum Gasteiger partial charge on any atom is -0.314 e. The van der Waals surface area contributed by atoms with Gasteiger partial charge in [-0.05, 0) is 45.3 Å². The Morgan fingerprint density at radius 3 is 2.64 bits per heavy atom. The first-order valence-electron chi connectivity index (χ1n) is 4.64. The molecule has 2 bridgehead atoms. The largest absolute Gasteiger partial charge is 0.314 e. The monoisotopic (exact) mass is 154 g/mol. The standard InChI is InChI=1S/C9H18N2/c1-11(2)6-8-4-9-3-7(8)5-10-9/h7-10H,3-6H2,1-2H3/t7-,8+,9-/m1/s1. The van der Waals surface area contributed by atoms with Gasteiger partial charge in [0.15, 0.2) is 0 Å². The molecule has 1 N–H and O–H groups in total. The van der Waals surface area contributed by atoms with Crippen molar-refractivity contribution in [1.29, 1.82) is 0 Å². The van der Waals surface area contributed by atoms with E-state index < -0.39 is 0 Å². The summed E-state index contributed by atoms with van der Waals surface area (Å²) in [4.78, 5) is 2.32. The quantitative estimate of drug-likeness (QED) is 0.624. The zero-order valence-electron chi connectivity index (χ0n) is 7.51. The molecule has 1 saturated heterocycles. The van der Waals surface area contributed by atoms with E-state index in [1.165, 1.54) is 25.9 Å². The fraction of sp³-hybridized carbons (Fsp3) is 1.00. The number of piperidine rings is 1. The van der Waals surface area contributed by atoms with E-state index in [9.17, 15) is 0 Å². The lowest BCUT2D eigenvalue weighted by Gasteiger charge is -2.25. The molecule has 0 unspecified atom stereocenters. The fourth-order valence-corrected chi connectivity index (χ4v) is 2.64. The summed E-state index contributed by atoms with van der Waals surface area (Å²) in [6.45, 7) is 2.58. The summed E-state index contributed by atoms with van der Waals surface area (Å²) in [5.41, 5.74) is 0. The van der Waals surface area contributed by atoms with Crippen LogP contribution in [0.3, 0.4) is 0 Å². The molecule has 3 atom stereocenters. The van der Waals surface area contributed by atoms with Gasteiger partial charge in [-0.1, -0.05) is 0 Å². The van der Waals surface area contributed by atoms with E-state index in [1.807, 2.05) is 0 Å². The van der Waals surface area contributed by atoms with Crippen LogP contribution in [0.4, 0.5) is 0 Å². The van der Waals surface area contributed by atoms with Crippen molar-refractivity contribution in [2.75, 3.05) is 27.2 Å². The van der Waals surface area contributed by atoms with Gasteiger partial charge in [-0.15, -0.1) is 0 Å². The zero-order chi connectivity index (χ0) is 7.84. The number of hydrogen-bond acceptors (Lipinski definition) is 2. The van der Waals surface area contributed by atoms with Crippen molar-refractivity contribution in [2.24, 2.45) is 11.8 Å². The Kier molecular flexibility index (Phi) is 1.90. The summed E-state index contributed by atoms with van der Waals surface area (Å²) < 4.78 is 0. The van der Waals surface area contributed by atoms with Gasteiger partial charge in [-0.2, -0.15) is 0 Å². The van der Waals surface area contributed by atoms with Gasteiger partial charge in [0.1, 0.15) is 0 Å². The number of fused-ring (bicyclic) bond motifs is 2. The van der Waals surface area contributed by atoms with Crippen molar-refractivity contribution in [1.82, 2.24) is 10.2 Å². The van der Waals surface area contributed by atoms with Crippen LogP contribution in [0.2, 0.25) is 0 Å². The molecule has 64 valence electrons. The molecule has 0 aromatic rings. The maximum Gasteiger partial charge on any atom is 0.00736 e. The summed E-state index contributed by atoms with van der Waals surface area (Å²) in [7, 11) is 4.36. The summed E-state index contributed by atoms with van der Waals surface area (Å²) >= 11 is 0. The van der Waals surface area contributed by atoms with E-state index in [2.05, 4.69) is 24.3 Å². The molecular weight excluding hydrogens is 136 g/mol. The molecule has 11 heavy (non-hydrogen) atoms. The average Bonchev–Trinajstić information content (AvgIpc) is 2.45. The SMILES string of the molecule is CN(C)C[C@@H]1C[C@H]2C[C@@H]1CN2. The third kappa shape index (κ3) is 1.42. The van der Waals surface area contributed by atoms with Gasteiger partial charge in [-0.3, -0.25) is 0 Å². The minimum absolute atomic E-state index is 0.866. The first-order valence-corrected chi connectivity index (χ1v) is 4.64. The van der Waals surface area contributed by atoms with Crippen molar-refractivity contribution < 1.29 is 0 Å². The Morgan fingerprint density at radius 2 is 2.18 bits per heavy atom. The molecule has 0 spiro atoms. The number of nitrogens with one attached hydrogen (secondary N) is 1. The average molecular weight is 154 g/mol. The van der Waals surface area contributed by atoms with Gasteiger partial charge in [0.2, 0.25) is 0 Å². The lowest BCUT2D eigenvalue weighted by molar-refractivity contribution is 0.256. The van der Waals surface area contributed by atoms with Crippen LogP contribution in [0.25, 0.3) is 0 Å². The van der Waals surface area contributed by atoms with Gasteiger partial charge in [0.25, 0.3) is 0 Å². The highest BCUT2D eigenvalue weighted by atomic mass is 15.1. The van der Waals surface area contributed by atoms with E-state index in [4.69, 9.17) is 0 Å². The van der Waals surface area contributed by atoms with Crippen molar-refractivity contribution in [3.8, 4) is 0 Å². The lowest BCUT2D eigenvalue weighted by atomic mass is 9.95. The Labute approximate surface area is 69.0 Å². The van der Waals surface area contributed by atoms with Crippen LogP contribution in [-0.2, 0) is 0 Å². The molecule has 0 aromatic carbocycles. The number of nitrogens with zero attached hydrogens (tertiary/aromatic N) is 1. The van der Waals surface area contributed by atoms with Crippen LogP contribution in [0.15, 0.2) is 0 Å². The highest BCUT2D eigenvalue weighted by Crippen LogP contribution is 2.36. The molecule has 1 aliphatic carbocycles. The van der Waals surface area contributed by atoms with Crippen LogP contribution < -0.4 is 5.32 Å². The second-order valence-electron chi connectivity index (χ2n) is 4.36. The van der Waals surface area contributed by atoms with E-state index >= 15 is 0 Å². The van der Waals surface area contributed by atoms with Gasteiger partial charge >= 0.3 is 0 Å². The van der Waals surface area contributed by atoms with E-state index in [0.717, 1.165) is 17.9 Å². The smallest absolute Gasteiger partial charge is 0.00736 e. The van der Waals surface area contributed by atoms with E-state index in [-0.39, 0.29) is 0 Å². The zero-order valence-corrected chi connectivity index (χ0v) is 7.51. The third-order valence-electron chi connectivity index (χ3n) is 3.11. The first kappa shape index (κ1) is 7.56. The van der Waals surface area contributed by atoms with Crippen molar-refractivity contribution in [3.63, 3.8) is 0 Å². The van der Waals surface area contributed by atoms with Gasteiger partial charge < -0.3 is 10.2 Å². The van der Waals surface area contributed by atoms with Crippen molar-refractivity contribution in [3.05, 3.63) is 0 Å². The first-order chi connectivity index (χ1) is 5.25. The summed E-state index contributed by atoms with van der Waals surface area (Å²) in [6, 6.07) is 0.866. The molecule has 0 amide bonds. The Bertz CT molecular complexity index is 144. The van der Waals surface area contributed by atoms with Crippen LogP contribution in [0, 0.1) is 11.8 Å². The Balaban J connectivity index is 1.87. The maximum absolute atomic E-state index is 3.54. The van der Waals surface area contributed by atoms with E-state index in [1.54, 1.807) is 0 Å². The minimum atomic E-state index is 0.866. The van der Waals surface area contributed by atoms with Crippen molar-refractivity contribution in [2.45, 2.75) is 18.9 Å². The van der Waals surface area contributed by atoms with Crippen molar-refractivity contribution >= 4 is 0 Å². The summed E-state index contributed by atoms with van der Waals surface area (Å²) in [5.74, 6) is 1.97. The molecule has 1 aliphatic heterocycles. The van der Waals surface area contributed by atoms with Crippen LogP contribution in [-0.4, -0.2) is 38.1 Å². The number of hydrogen-bond donors (Lipinski definition) is 1. The predicted octanol–water partition coefficient (Wildman–Crippen LogP) is 0.546. The normalized spacial score (nSPS) is 42.3. The fourth-order valence-electron chi connectivity index (χ4n) is 2.64. The molecule has 2 aliphatic rings. The van der Waals surface area contributed by atoms with Gasteiger partial charge in [-0.25, -0.2) is 0 Å². The predicted molar refractivity (Wildman–Crippen MR) is 46.6 cm³/mol. The summed E-state index contributed by atoms with van der Waals surface area (Å²) in [6.07, 6.45) is 2.86. The molecule has 2 fully saturated rings. The third-order valence-corrected chi connectivity index (χ3v) is 3.11. The van der Waals surface area contributed by atoms with Crippen LogP contribution >= 0.6 is 0 Å². The molecule has 2 rings (SSSR count). The summed E-state index contributed by atoms with van der Waals surface area (Å²) in [5, 5.41) is 3.54. The highest BCUT2D eigenvalue weighted by Gasteiger charge is 2.38. The molecular formula is C9H18N2. The second kappa shape index (κ2) is 2.76. The number of rotatable bonds is 2. The molecule has 0 aromatic heterocycles. The van der Waals surface area contributed by atoms with Crippen LogP contribution in [0.5, 0.6) is 0 Å². The van der Waals surface area contributed by atoms with Gasteiger partial charge in [0, 0.05) is 12.6 Å². The molecule has 2 heteroatoms. The lowest BCUT2D eigenvalue weighted by Crippen LogP contribution is -2.34. The van der Waals surface area contributed by atoms with Crippen LogP contribution in [0.1, 0.15) is 12.8 Å². The molecule has 1 heterocycles. The molecule has 0 radical (unpaired) electrons. The topological polar surface area (TPSA) is 15.3 Å². The Morgan fingerprint density at radius 1 is 1.36 bits per heavy atom. The maximum atomic E-state index is 3.54. The molecule has 2 nitrogen and oxygen atoms in total. The highest BCUT2D eigenvalue weighted by molar-refractivity contribution is 4.95. The molecule has 1 saturated carbocycles. The Hall–Kier alpha value is -0.0800. The van der Waals surface area contributed by atoms with E-state index in [0.29, 0.717) is 0 Å². The second-order valence-corrected chi connectivity index (χ2v) is 4.36.